The minimum atomic E-state index is -0.273. The van der Waals surface area contributed by atoms with E-state index in [1.807, 2.05) is 67.9 Å². The standard InChI is InChI=1S/C22H22N4OS/c1-13-9-5-6-10-16(13)21-24-25-22(26(21)4)28-15(3)20(27)19-14(2)23-18-12-8-7-11-17(18)19/h5-12,15,23H,1-4H3/t15-/m1/s1. The highest BCUT2D eigenvalue weighted by atomic mass is 32.2. The van der Waals surface area contributed by atoms with Gasteiger partial charge in [0.2, 0.25) is 0 Å². The van der Waals surface area contributed by atoms with Gasteiger partial charge in [-0.3, -0.25) is 4.79 Å². The Bertz CT molecular complexity index is 1170. The smallest absolute Gasteiger partial charge is 0.191 e. The summed E-state index contributed by atoms with van der Waals surface area (Å²) in [5.41, 5.74) is 4.85. The lowest BCUT2D eigenvalue weighted by Crippen LogP contribution is -2.15. The molecule has 0 saturated carbocycles. The summed E-state index contributed by atoms with van der Waals surface area (Å²) in [6.45, 7) is 5.93. The molecule has 2 aromatic heterocycles. The molecular weight excluding hydrogens is 368 g/mol. The lowest BCUT2D eigenvalue weighted by molar-refractivity contribution is 0.0995. The Labute approximate surface area is 168 Å². The first-order valence-electron chi connectivity index (χ1n) is 9.21. The van der Waals surface area contributed by atoms with E-state index < -0.39 is 0 Å². The number of para-hydroxylation sites is 1. The van der Waals surface area contributed by atoms with Crippen LogP contribution >= 0.6 is 11.8 Å². The van der Waals surface area contributed by atoms with Gasteiger partial charge in [0.15, 0.2) is 16.8 Å². The largest absolute Gasteiger partial charge is 0.358 e. The molecule has 0 bridgehead atoms. The number of Topliss-reactive ketones (excluding diaryl/α,β-unsaturated/α-hetero) is 1. The first-order valence-corrected chi connectivity index (χ1v) is 10.1. The van der Waals surface area contributed by atoms with E-state index in [1.165, 1.54) is 11.8 Å². The van der Waals surface area contributed by atoms with Gasteiger partial charge in [-0.25, -0.2) is 0 Å². The molecule has 28 heavy (non-hydrogen) atoms. The topological polar surface area (TPSA) is 63.6 Å². The van der Waals surface area contributed by atoms with E-state index in [9.17, 15) is 4.79 Å². The predicted molar refractivity (Wildman–Crippen MR) is 114 cm³/mol. The highest BCUT2D eigenvalue weighted by molar-refractivity contribution is 8.00. The fourth-order valence-electron chi connectivity index (χ4n) is 3.48. The van der Waals surface area contributed by atoms with Crippen LogP contribution in [0, 0.1) is 13.8 Å². The molecule has 4 aromatic rings. The Morgan fingerprint density at radius 1 is 1.07 bits per heavy atom. The number of thioether (sulfide) groups is 1. The van der Waals surface area contributed by atoms with Crippen LogP contribution in [0.3, 0.4) is 0 Å². The van der Waals surface area contributed by atoms with E-state index in [4.69, 9.17) is 0 Å². The average molecular weight is 391 g/mol. The molecule has 1 N–H and O–H groups in total. The van der Waals surface area contributed by atoms with Crippen LogP contribution in [0.4, 0.5) is 0 Å². The van der Waals surface area contributed by atoms with E-state index in [2.05, 4.69) is 28.2 Å². The number of benzene rings is 2. The number of rotatable bonds is 5. The molecule has 142 valence electrons. The molecule has 5 nitrogen and oxygen atoms in total. The van der Waals surface area contributed by atoms with Crippen LogP contribution in [-0.2, 0) is 7.05 Å². The molecule has 0 unspecified atom stereocenters. The fraction of sp³-hybridized carbons (Fsp3) is 0.227. The number of aromatic nitrogens is 4. The number of H-pyrrole nitrogens is 1. The molecule has 2 aromatic carbocycles. The van der Waals surface area contributed by atoms with Crippen molar-refractivity contribution in [2.24, 2.45) is 7.05 Å². The summed E-state index contributed by atoms with van der Waals surface area (Å²) in [6, 6.07) is 16.0. The van der Waals surface area contributed by atoms with E-state index >= 15 is 0 Å². The zero-order valence-electron chi connectivity index (χ0n) is 16.4. The summed E-state index contributed by atoms with van der Waals surface area (Å²) >= 11 is 1.44. The van der Waals surface area contributed by atoms with Crippen LogP contribution in [0.25, 0.3) is 22.3 Å². The summed E-state index contributed by atoms with van der Waals surface area (Å²) in [5, 5.41) is 10.1. The summed E-state index contributed by atoms with van der Waals surface area (Å²) in [4.78, 5) is 16.5. The second-order valence-corrected chi connectivity index (χ2v) is 8.28. The Kier molecular flexibility index (Phi) is 4.81. The van der Waals surface area contributed by atoms with Crippen molar-refractivity contribution in [3.05, 3.63) is 65.4 Å². The highest BCUT2D eigenvalue weighted by Crippen LogP contribution is 2.31. The van der Waals surface area contributed by atoms with Crippen LogP contribution < -0.4 is 0 Å². The predicted octanol–water partition coefficient (Wildman–Crippen LogP) is 4.94. The lowest BCUT2D eigenvalue weighted by atomic mass is 10.1. The minimum absolute atomic E-state index is 0.0976. The molecule has 0 spiro atoms. The molecule has 0 aliphatic rings. The van der Waals surface area contributed by atoms with Crippen LogP contribution in [0.2, 0.25) is 0 Å². The van der Waals surface area contributed by atoms with Gasteiger partial charge >= 0.3 is 0 Å². The Hall–Kier alpha value is -2.86. The molecule has 1 atom stereocenters. The van der Waals surface area contributed by atoms with Gasteiger partial charge in [-0.1, -0.05) is 54.2 Å². The van der Waals surface area contributed by atoms with Crippen LogP contribution in [0.15, 0.2) is 53.7 Å². The summed E-state index contributed by atoms with van der Waals surface area (Å²) in [5.74, 6) is 0.906. The number of aryl methyl sites for hydroxylation is 2. The van der Waals surface area contributed by atoms with Gasteiger partial charge in [0, 0.05) is 34.8 Å². The maximum atomic E-state index is 13.2. The molecule has 0 aliphatic carbocycles. The lowest BCUT2D eigenvalue weighted by Gasteiger charge is -2.11. The van der Waals surface area contributed by atoms with Crippen molar-refractivity contribution < 1.29 is 4.79 Å². The third-order valence-corrected chi connectivity index (χ3v) is 6.15. The third-order valence-electron chi connectivity index (χ3n) is 5.01. The average Bonchev–Trinajstić information content (AvgIpc) is 3.21. The number of ketones is 1. The van der Waals surface area contributed by atoms with Gasteiger partial charge in [0.25, 0.3) is 0 Å². The number of aromatic amines is 1. The maximum absolute atomic E-state index is 13.2. The molecular formula is C22H22N4OS. The quantitative estimate of drug-likeness (QED) is 0.387. The zero-order valence-corrected chi connectivity index (χ0v) is 17.2. The third kappa shape index (κ3) is 3.14. The number of nitrogens with one attached hydrogen (secondary N) is 1. The van der Waals surface area contributed by atoms with Crippen molar-refractivity contribution in [2.75, 3.05) is 0 Å². The number of fused-ring (bicyclic) bond motifs is 1. The van der Waals surface area contributed by atoms with Gasteiger partial charge < -0.3 is 9.55 Å². The summed E-state index contributed by atoms with van der Waals surface area (Å²) in [6.07, 6.45) is 0. The number of carbonyl (C=O) groups is 1. The van der Waals surface area contributed by atoms with Crippen molar-refractivity contribution >= 4 is 28.4 Å². The summed E-state index contributed by atoms with van der Waals surface area (Å²) in [7, 11) is 1.94. The van der Waals surface area contributed by atoms with Gasteiger partial charge in [-0.2, -0.15) is 0 Å². The van der Waals surface area contributed by atoms with Crippen molar-refractivity contribution in [1.29, 1.82) is 0 Å². The zero-order chi connectivity index (χ0) is 19.8. The molecule has 0 amide bonds. The van der Waals surface area contributed by atoms with E-state index in [-0.39, 0.29) is 11.0 Å². The molecule has 0 fully saturated rings. The second kappa shape index (κ2) is 7.28. The molecule has 0 aliphatic heterocycles. The molecule has 0 saturated heterocycles. The van der Waals surface area contributed by atoms with Crippen LogP contribution in [0.5, 0.6) is 0 Å². The molecule has 4 rings (SSSR count). The number of hydrogen-bond donors (Lipinski definition) is 1. The van der Waals surface area contributed by atoms with Crippen LogP contribution in [0.1, 0.15) is 28.5 Å². The second-order valence-electron chi connectivity index (χ2n) is 6.98. The number of hydrogen-bond acceptors (Lipinski definition) is 4. The SMILES string of the molecule is Cc1ccccc1-c1nnc(S[C@H](C)C(=O)c2c(C)[nH]c3ccccc23)n1C. The summed E-state index contributed by atoms with van der Waals surface area (Å²) < 4.78 is 1.96. The maximum Gasteiger partial charge on any atom is 0.191 e. The first-order chi connectivity index (χ1) is 13.5. The van der Waals surface area contributed by atoms with Crippen molar-refractivity contribution in [3.8, 4) is 11.4 Å². The van der Waals surface area contributed by atoms with Crippen molar-refractivity contribution in [1.82, 2.24) is 19.7 Å². The van der Waals surface area contributed by atoms with E-state index in [0.717, 1.165) is 44.3 Å². The van der Waals surface area contributed by atoms with Crippen LogP contribution in [-0.4, -0.2) is 30.8 Å². The monoisotopic (exact) mass is 390 g/mol. The number of nitrogens with zero attached hydrogens (tertiary/aromatic N) is 3. The van der Waals surface area contributed by atoms with Crippen molar-refractivity contribution in [2.45, 2.75) is 31.2 Å². The molecule has 6 heteroatoms. The van der Waals surface area contributed by atoms with E-state index in [1.54, 1.807) is 0 Å². The van der Waals surface area contributed by atoms with Gasteiger partial charge in [-0.15, -0.1) is 10.2 Å². The highest BCUT2D eigenvalue weighted by Gasteiger charge is 2.24. The van der Waals surface area contributed by atoms with Gasteiger partial charge in [-0.05, 0) is 32.4 Å². The Balaban J connectivity index is 1.62. The molecule has 0 radical (unpaired) electrons. The Morgan fingerprint density at radius 3 is 2.57 bits per heavy atom. The van der Waals surface area contributed by atoms with E-state index in [0.29, 0.717) is 0 Å². The van der Waals surface area contributed by atoms with Crippen molar-refractivity contribution in [3.63, 3.8) is 0 Å². The molecule has 2 heterocycles. The normalized spacial score (nSPS) is 12.4. The first kappa shape index (κ1) is 18.5. The van der Waals surface area contributed by atoms with Gasteiger partial charge in [0.1, 0.15) is 0 Å². The number of carbonyl (C=O) groups excluding carboxylic acids is 1. The fourth-order valence-corrected chi connectivity index (χ4v) is 4.36. The minimum Gasteiger partial charge on any atom is -0.358 e. The van der Waals surface area contributed by atoms with Gasteiger partial charge in [0.05, 0.1) is 5.25 Å². The Morgan fingerprint density at radius 2 is 1.79 bits per heavy atom.